The molecule has 1 amide bonds. The van der Waals surface area contributed by atoms with Gasteiger partial charge in [-0.2, -0.15) is 0 Å². The van der Waals surface area contributed by atoms with Crippen LogP contribution in [-0.2, 0) is 4.79 Å². The molecule has 0 atom stereocenters. The van der Waals surface area contributed by atoms with Crippen molar-refractivity contribution >= 4 is 17.6 Å². The Bertz CT molecular complexity index is 426. The number of amides is 1. The molecule has 0 heterocycles. The quantitative estimate of drug-likeness (QED) is 0.871. The Labute approximate surface area is 101 Å². The van der Waals surface area contributed by atoms with E-state index < -0.39 is 5.97 Å². The van der Waals surface area contributed by atoms with E-state index in [1.807, 2.05) is 13.8 Å². The van der Waals surface area contributed by atoms with Crippen molar-refractivity contribution in [3.8, 4) is 0 Å². The van der Waals surface area contributed by atoms with Crippen molar-refractivity contribution in [2.45, 2.75) is 20.3 Å². The van der Waals surface area contributed by atoms with Crippen LogP contribution in [0.2, 0.25) is 0 Å². The summed E-state index contributed by atoms with van der Waals surface area (Å²) in [6.07, 6.45) is 0.407. The van der Waals surface area contributed by atoms with Crippen LogP contribution < -0.4 is 4.90 Å². The lowest BCUT2D eigenvalue weighted by molar-refractivity contribution is -0.119. The second kappa shape index (κ2) is 5.48. The first kappa shape index (κ1) is 13.2. The highest BCUT2D eigenvalue weighted by molar-refractivity contribution is 6.01. The highest BCUT2D eigenvalue weighted by Gasteiger charge is 2.18. The van der Waals surface area contributed by atoms with E-state index in [9.17, 15) is 9.59 Å². The molecule has 0 aliphatic carbocycles. The molecule has 92 valence electrons. The van der Waals surface area contributed by atoms with E-state index in [0.29, 0.717) is 12.1 Å². The average Bonchev–Trinajstić information content (AvgIpc) is 2.27. The van der Waals surface area contributed by atoms with E-state index in [2.05, 4.69) is 0 Å². The normalized spacial score (nSPS) is 10.4. The summed E-state index contributed by atoms with van der Waals surface area (Å²) in [6, 6.07) is 6.51. The van der Waals surface area contributed by atoms with Crippen molar-refractivity contribution < 1.29 is 14.7 Å². The molecule has 0 aliphatic heterocycles. The van der Waals surface area contributed by atoms with Crippen LogP contribution in [0.4, 0.5) is 5.69 Å². The van der Waals surface area contributed by atoms with Crippen LogP contribution in [0.1, 0.15) is 30.6 Å². The molecule has 1 aromatic carbocycles. The average molecular weight is 235 g/mol. The summed E-state index contributed by atoms with van der Waals surface area (Å²) in [5.41, 5.74) is 0.581. The second-order valence-electron chi connectivity index (χ2n) is 4.37. The van der Waals surface area contributed by atoms with Crippen LogP contribution in [-0.4, -0.2) is 24.0 Å². The number of anilines is 1. The topological polar surface area (TPSA) is 57.6 Å². The molecule has 0 radical (unpaired) electrons. The molecule has 0 fully saturated rings. The van der Waals surface area contributed by atoms with Crippen molar-refractivity contribution in [2.24, 2.45) is 5.92 Å². The molecule has 0 bridgehead atoms. The number of carbonyl (C=O) groups is 2. The number of hydrogen-bond acceptors (Lipinski definition) is 2. The summed E-state index contributed by atoms with van der Waals surface area (Å²) in [5.74, 6) is -0.847. The van der Waals surface area contributed by atoms with Crippen LogP contribution in [0.15, 0.2) is 24.3 Å². The maximum atomic E-state index is 11.9. The molecule has 0 aliphatic rings. The van der Waals surface area contributed by atoms with Crippen LogP contribution >= 0.6 is 0 Å². The molecule has 1 aromatic rings. The Morgan fingerprint density at radius 3 is 2.41 bits per heavy atom. The first-order valence-corrected chi connectivity index (χ1v) is 5.52. The number of carbonyl (C=O) groups excluding carboxylic acids is 1. The summed E-state index contributed by atoms with van der Waals surface area (Å²) >= 11 is 0. The first-order chi connectivity index (χ1) is 7.93. The summed E-state index contributed by atoms with van der Waals surface area (Å²) in [7, 11) is 1.60. The Hall–Kier alpha value is -1.84. The highest BCUT2D eigenvalue weighted by atomic mass is 16.4. The minimum absolute atomic E-state index is 0.0753. The summed E-state index contributed by atoms with van der Waals surface area (Å²) in [6.45, 7) is 3.91. The van der Waals surface area contributed by atoms with Gasteiger partial charge in [0.15, 0.2) is 0 Å². The molecule has 17 heavy (non-hydrogen) atoms. The fraction of sp³-hybridized carbons (Fsp3) is 0.385. The number of rotatable bonds is 4. The predicted octanol–water partition coefficient (Wildman–Crippen LogP) is 2.39. The highest BCUT2D eigenvalue weighted by Crippen LogP contribution is 2.20. The molecule has 0 spiro atoms. The van der Waals surface area contributed by atoms with E-state index in [-0.39, 0.29) is 17.4 Å². The first-order valence-electron chi connectivity index (χ1n) is 5.52. The SMILES string of the molecule is CC(C)CC(=O)N(C)c1ccccc1C(=O)O. The van der Waals surface area contributed by atoms with E-state index >= 15 is 0 Å². The number of para-hydroxylation sites is 1. The van der Waals surface area contributed by atoms with Crippen molar-refractivity contribution in [3.63, 3.8) is 0 Å². The van der Waals surface area contributed by atoms with Crippen molar-refractivity contribution in [1.29, 1.82) is 0 Å². The Morgan fingerprint density at radius 1 is 1.29 bits per heavy atom. The number of benzene rings is 1. The molecular weight excluding hydrogens is 218 g/mol. The Morgan fingerprint density at radius 2 is 1.88 bits per heavy atom. The maximum Gasteiger partial charge on any atom is 0.337 e. The minimum Gasteiger partial charge on any atom is -0.478 e. The molecular formula is C13H17NO3. The van der Waals surface area contributed by atoms with Gasteiger partial charge in [-0.15, -0.1) is 0 Å². The fourth-order valence-electron chi connectivity index (χ4n) is 1.57. The van der Waals surface area contributed by atoms with Gasteiger partial charge in [-0.3, -0.25) is 4.79 Å². The zero-order valence-corrected chi connectivity index (χ0v) is 10.3. The third-order valence-electron chi connectivity index (χ3n) is 2.45. The predicted molar refractivity (Wildman–Crippen MR) is 66.3 cm³/mol. The zero-order chi connectivity index (χ0) is 13.0. The molecule has 0 aromatic heterocycles. The fourth-order valence-corrected chi connectivity index (χ4v) is 1.57. The molecule has 0 unspecified atom stereocenters. The molecule has 0 saturated heterocycles. The van der Waals surface area contributed by atoms with Gasteiger partial charge < -0.3 is 10.0 Å². The van der Waals surface area contributed by atoms with Gasteiger partial charge >= 0.3 is 5.97 Å². The molecule has 0 saturated carbocycles. The lowest BCUT2D eigenvalue weighted by Gasteiger charge is -2.20. The molecule has 1 N–H and O–H groups in total. The summed E-state index contributed by atoms with van der Waals surface area (Å²) in [4.78, 5) is 24.3. The van der Waals surface area contributed by atoms with Gasteiger partial charge in [-0.1, -0.05) is 26.0 Å². The summed E-state index contributed by atoms with van der Waals surface area (Å²) in [5, 5.41) is 9.04. The number of aromatic carboxylic acids is 1. The third kappa shape index (κ3) is 3.31. The van der Waals surface area contributed by atoms with E-state index in [1.165, 1.54) is 11.0 Å². The van der Waals surface area contributed by atoms with Crippen LogP contribution in [0.25, 0.3) is 0 Å². The largest absolute Gasteiger partial charge is 0.478 e. The number of carboxylic acid groups (broad SMARTS) is 1. The standard InChI is InChI=1S/C13H17NO3/c1-9(2)8-12(15)14(3)11-7-5-4-6-10(11)13(16)17/h4-7,9H,8H2,1-3H3,(H,16,17). The molecule has 1 rings (SSSR count). The molecule has 4 heteroatoms. The van der Waals surface area contributed by atoms with Gasteiger partial charge in [-0.05, 0) is 18.1 Å². The summed E-state index contributed by atoms with van der Waals surface area (Å²) < 4.78 is 0. The van der Waals surface area contributed by atoms with E-state index in [4.69, 9.17) is 5.11 Å². The van der Waals surface area contributed by atoms with Gasteiger partial charge in [0.05, 0.1) is 11.3 Å². The number of nitrogens with zero attached hydrogens (tertiary/aromatic N) is 1. The Balaban J connectivity index is 2.99. The van der Waals surface area contributed by atoms with Crippen molar-refractivity contribution in [1.82, 2.24) is 0 Å². The van der Waals surface area contributed by atoms with Gasteiger partial charge in [0.1, 0.15) is 0 Å². The van der Waals surface area contributed by atoms with E-state index in [1.54, 1.807) is 25.2 Å². The molecule has 4 nitrogen and oxygen atoms in total. The minimum atomic E-state index is -1.02. The third-order valence-corrected chi connectivity index (χ3v) is 2.45. The van der Waals surface area contributed by atoms with Gasteiger partial charge in [0.2, 0.25) is 5.91 Å². The van der Waals surface area contributed by atoms with Crippen LogP contribution in [0.5, 0.6) is 0 Å². The smallest absolute Gasteiger partial charge is 0.337 e. The van der Waals surface area contributed by atoms with Gasteiger partial charge in [-0.25, -0.2) is 4.79 Å². The zero-order valence-electron chi connectivity index (χ0n) is 10.3. The maximum absolute atomic E-state index is 11.9. The Kier molecular flexibility index (Phi) is 4.26. The lowest BCUT2D eigenvalue weighted by Crippen LogP contribution is -2.28. The second-order valence-corrected chi connectivity index (χ2v) is 4.37. The van der Waals surface area contributed by atoms with Gasteiger partial charge in [0, 0.05) is 13.5 Å². The van der Waals surface area contributed by atoms with Crippen LogP contribution in [0, 0.1) is 5.92 Å². The van der Waals surface area contributed by atoms with Crippen molar-refractivity contribution in [2.75, 3.05) is 11.9 Å². The van der Waals surface area contributed by atoms with Crippen LogP contribution in [0.3, 0.4) is 0 Å². The lowest BCUT2D eigenvalue weighted by atomic mass is 10.1. The van der Waals surface area contributed by atoms with Crippen molar-refractivity contribution in [3.05, 3.63) is 29.8 Å². The monoisotopic (exact) mass is 235 g/mol. The number of hydrogen-bond donors (Lipinski definition) is 1. The van der Waals surface area contributed by atoms with Gasteiger partial charge in [0.25, 0.3) is 0 Å². The van der Waals surface area contributed by atoms with E-state index in [0.717, 1.165) is 0 Å². The number of carboxylic acids is 1.